The predicted octanol–water partition coefficient (Wildman–Crippen LogP) is -1.85. The van der Waals surface area contributed by atoms with Gasteiger partial charge in [-0.1, -0.05) is 5.06 Å². The zero-order valence-corrected chi connectivity index (χ0v) is 10.4. The lowest BCUT2D eigenvalue weighted by Crippen LogP contribution is -2.43. The Balaban J connectivity index is 4.04. The number of nitrogens with one attached hydrogen (secondary N) is 1. The molecule has 2 atom stereocenters. The minimum Gasteiger partial charge on any atom is -0.375 e. The maximum absolute atomic E-state index is 11.1. The summed E-state index contributed by atoms with van der Waals surface area (Å²) in [5.41, 5.74) is 0. The Kier molecular flexibility index (Phi) is 6.80. The summed E-state index contributed by atoms with van der Waals surface area (Å²) in [6, 6.07) is 0. The predicted molar refractivity (Wildman–Crippen MR) is 56.2 cm³/mol. The van der Waals surface area contributed by atoms with Crippen LogP contribution in [0.5, 0.6) is 0 Å². The smallest absolute Gasteiger partial charge is 0.339 e. The van der Waals surface area contributed by atoms with E-state index in [1.807, 2.05) is 0 Å². The fraction of sp³-hybridized carbons (Fsp3) is 0.857. The molecule has 0 rings (SSSR count). The molecule has 0 heterocycles. The van der Waals surface area contributed by atoms with Crippen LogP contribution in [0, 0.1) is 0 Å². The molecule has 0 aliphatic carbocycles. The van der Waals surface area contributed by atoms with E-state index in [0.29, 0.717) is 5.06 Å². The molecule has 9 nitrogen and oxygen atoms in total. The molecule has 0 aromatic heterocycles. The molecular weight excluding hydrogens is 255 g/mol. The van der Waals surface area contributed by atoms with Crippen LogP contribution in [0.3, 0.4) is 0 Å². The van der Waals surface area contributed by atoms with Crippen molar-refractivity contribution >= 4 is 13.6 Å². The minimum absolute atomic E-state index is 0.457. The Labute approximate surface area is 98.1 Å². The zero-order chi connectivity index (χ0) is 13.6. The van der Waals surface area contributed by atoms with Gasteiger partial charge in [-0.2, -0.15) is 0 Å². The summed E-state index contributed by atoms with van der Waals surface area (Å²) in [6.45, 7) is 2.10. The SMILES string of the molecule is CC(O)N(OC(=O)CNCP(=O)(O)O)C(C)O. The zero-order valence-electron chi connectivity index (χ0n) is 9.48. The van der Waals surface area contributed by atoms with Gasteiger partial charge < -0.3 is 24.8 Å². The molecule has 0 aliphatic heterocycles. The normalized spacial score (nSPS) is 15.7. The number of aliphatic hydroxyl groups excluding tert-OH is 2. The molecule has 0 saturated heterocycles. The van der Waals surface area contributed by atoms with Crippen molar-refractivity contribution in [2.24, 2.45) is 0 Å². The molecule has 0 aromatic carbocycles. The summed E-state index contributed by atoms with van der Waals surface area (Å²) >= 11 is 0. The van der Waals surface area contributed by atoms with Gasteiger partial charge in [-0.05, 0) is 13.8 Å². The van der Waals surface area contributed by atoms with E-state index in [9.17, 15) is 9.36 Å². The van der Waals surface area contributed by atoms with Gasteiger partial charge in [0.05, 0.1) is 12.8 Å². The van der Waals surface area contributed by atoms with Crippen molar-refractivity contribution in [3.63, 3.8) is 0 Å². The van der Waals surface area contributed by atoms with E-state index in [2.05, 4.69) is 10.2 Å². The monoisotopic (exact) mass is 272 g/mol. The highest BCUT2D eigenvalue weighted by molar-refractivity contribution is 7.51. The second-order valence-electron chi connectivity index (χ2n) is 3.34. The molecule has 10 heteroatoms. The third-order valence-electron chi connectivity index (χ3n) is 1.53. The van der Waals surface area contributed by atoms with Crippen LogP contribution in [0.4, 0.5) is 0 Å². The fourth-order valence-corrected chi connectivity index (χ4v) is 1.32. The Morgan fingerprint density at radius 2 is 1.82 bits per heavy atom. The molecule has 0 bridgehead atoms. The van der Waals surface area contributed by atoms with Gasteiger partial charge in [-0.3, -0.25) is 9.88 Å². The van der Waals surface area contributed by atoms with E-state index in [0.717, 1.165) is 0 Å². The summed E-state index contributed by atoms with van der Waals surface area (Å²) in [4.78, 5) is 32.7. The first kappa shape index (κ1) is 16.5. The molecule has 17 heavy (non-hydrogen) atoms. The van der Waals surface area contributed by atoms with Crippen LogP contribution in [0.15, 0.2) is 0 Å². The maximum Gasteiger partial charge on any atom is 0.339 e. The summed E-state index contributed by atoms with van der Waals surface area (Å²) in [7, 11) is -4.23. The average molecular weight is 272 g/mol. The molecule has 0 spiro atoms. The summed E-state index contributed by atoms with van der Waals surface area (Å²) in [6.07, 6.45) is -3.08. The fourth-order valence-electron chi connectivity index (χ4n) is 0.918. The van der Waals surface area contributed by atoms with Crippen LogP contribution in [0.1, 0.15) is 13.8 Å². The Morgan fingerprint density at radius 3 is 2.18 bits per heavy atom. The van der Waals surface area contributed by atoms with Crippen LogP contribution < -0.4 is 5.32 Å². The first-order valence-corrected chi connectivity index (χ1v) is 6.54. The number of hydrogen-bond acceptors (Lipinski definition) is 7. The molecule has 0 amide bonds. The van der Waals surface area contributed by atoms with E-state index < -0.39 is 38.9 Å². The topological polar surface area (TPSA) is 140 Å². The molecule has 0 aliphatic rings. The maximum atomic E-state index is 11.1. The largest absolute Gasteiger partial charge is 0.375 e. The third kappa shape index (κ3) is 8.22. The molecule has 2 unspecified atom stereocenters. The lowest BCUT2D eigenvalue weighted by molar-refractivity contribution is -0.275. The first-order chi connectivity index (χ1) is 7.63. The van der Waals surface area contributed by atoms with Gasteiger partial charge in [0.2, 0.25) is 0 Å². The van der Waals surface area contributed by atoms with Crippen LogP contribution in [0.2, 0.25) is 0 Å². The number of hydrogen-bond donors (Lipinski definition) is 5. The van der Waals surface area contributed by atoms with E-state index >= 15 is 0 Å². The van der Waals surface area contributed by atoms with Crippen LogP contribution in [-0.4, -0.2) is 56.3 Å². The quantitative estimate of drug-likeness (QED) is 0.205. The van der Waals surface area contributed by atoms with Crippen LogP contribution in [-0.2, 0) is 14.2 Å². The van der Waals surface area contributed by atoms with Crippen molar-refractivity contribution < 1.29 is 34.2 Å². The van der Waals surface area contributed by atoms with Crippen molar-refractivity contribution in [3.05, 3.63) is 0 Å². The molecular formula is C7H17N2O7P. The van der Waals surface area contributed by atoms with E-state index in [1.54, 1.807) is 0 Å². The molecule has 5 N–H and O–H groups in total. The number of carbonyl (C=O) groups is 1. The van der Waals surface area contributed by atoms with Gasteiger partial charge in [-0.15, -0.1) is 0 Å². The van der Waals surface area contributed by atoms with Crippen molar-refractivity contribution in [2.75, 3.05) is 12.8 Å². The van der Waals surface area contributed by atoms with Crippen LogP contribution in [0.25, 0.3) is 0 Å². The number of nitrogens with zero attached hydrogens (tertiary/aromatic N) is 1. The van der Waals surface area contributed by atoms with Crippen molar-refractivity contribution in [1.82, 2.24) is 10.4 Å². The number of carbonyl (C=O) groups excluding carboxylic acids is 1. The van der Waals surface area contributed by atoms with Crippen molar-refractivity contribution in [3.8, 4) is 0 Å². The highest BCUT2D eigenvalue weighted by atomic mass is 31.2. The molecule has 102 valence electrons. The van der Waals surface area contributed by atoms with Gasteiger partial charge in [-0.25, -0.2) is 4.79 Å². The number of aliphatic hydroxyl groups is 2. The minimum atomic E-state index is -4.23. The standard InChI is InChI=1S/C7H17N2O7P/c1-5(10)9(6(2)11)16-7(12)3-8-4-17(13,14)15/h5-6,8,10-11H,3-4H2,1-2H3,(H2,13,14,15). The molecule has 0 saturated carbocycles. The van der Waals surface area contributed by atoms with E-state index in [-0.39, 0.29) is 0 Å². The van der Waals surface area contributed by atoms with E-state index in [1.165, 1.54) is 13.8 Å². The first-order valence-electron chi connectivity index (χ1n) is 4.74. The Morgan fingerprint density at radius 1 is 1.35 bits per heavy atom. The summed E-state index contributed by atoms with van der Waals surface area (Å²) < 4.78 is 10.4. The van der Waals surface area contributed by atoms with Crippen molar-refractivity contribution in [1.29, 1.82) is 0 Å². The third-order valence-corrected chi connectivity index (χ3v) is 2.17. The highest BCUT2D eigenvalue weighted by Crippen LogP contribution is 2.31. The van der Waals surface area contributed by atoms with Crippen molar-refractivity contribution in [2.45, 2.75) is 26.3 Å². The number of hydroxylamine groups is 2. The Hall–Kier alpha value is -0.540. The van der Waals surface area contributed by atoms with Gasteiger partial charge in [0.25, 0.3) is 0 Å². The molecule has 0 radical (unpaired) electrons. The molecule has 0 aromatic rings. The van der Waals surface area contributed by atoms with Gasteiger partial charge >= 0.3 is 13.6 Å². The lowest BCUT2D eigenvalue weighted by Gasteiger charge is -2.25. The highest BCUT2D eigenvalue weighted by Gasteiger charge is 2.21. The van der Waals surface area contributed by atoms with Gasteiger partial charge in [0.15, 0.2) is 0 Å². The second kappa shape index (κ2) is 7.02. The Bertz CT molecular complexity index is 282. The van der Waals surface area contributed by atoms with Gasteiger partial charge in [0.1, 0.15) is 12.5 Å². The average Bonchev–Trinajstić information content (AvgIpc) is 2.10. The molecule has 0 fully saturated rings. The van der Waals surface area contributed by atoms with Gasteiger partial charge in [0, 0.05) is 0 Å². The summed E-state index contributed by atoms with van der Waals surface area (Å²) in [5.74, 6) is -0.889. The summed E-state index contributed by atoms with van der Waals surface area (Å²) in [5, 5.41) is 21.1. The number of rotatable bonds is 7. The van der Waals surface area contributed by atoms with Crippen LogP contribution >= 0.6 is 7.60 Å². The lowest BCUT2D eigenvalue weighted by atomic mass is 10.5. The van der Waals surface area contributed by atoms with E-state index in [4.69, 9.17) is 20.0 Å². The second-order valence-corrected chi connectivity index (χ2v) is 4.98.